The minimum Gasteiger partial charge on any atom is -0.310 e. The predicted octanol–water partition coefficient (Wildman–Crippen LogP) is 12.7. The van der Waals surface area contributed by atoms with Crippen LogP contribution in [0.1, 0.15) is 25.0 Å². The Kier molecular flexibility index (Phi) is 5.78. The van der Waals surface area contributed by atoms with Gasteiger partial charge in [0, 0.05) is 37.0 Å². The lowest BCUT2D eigenvalue weighted by molar-refractivity contribution is 0.660. The van der Waals surface area contributed by atoms with E-state index in [-0.39, 0.29) is 5.41 Å². The summed E-state index contributed by atoms with van der Waals surface area (Å²) in [6.07, 6.45) is 0. The number of rotatable bonds is 4. The molecule has 8 aromatic rings. The van der Waals surface area contributed by atoms with Gasteiger partial charge in [0.25, 0.3) is 0 Å². The SMILES string of the molecule is CC1(C)c2ccccc2-c2cc(N(c3cccc(-c4ccccc4)c3)c3cccc4sc5c6ccccc6ccc5c34)ccc21. The van der Waals surface area contributed by atoms with E-state index in [2.05, 4.69) is 170 Å². The van der Waals surface area contributed by atoms with E-state index in [4.69, 9.17) is 0 Å². The Hall–Kier alpha value is -5.18. The van der Waals surface area contributed by atoms with Crippen molar-refractivity contribution in [1.82, 2.24) is 0 Å². The van der Waals surface area contributed by atoms with Gasteiger partial charge in [0.2, 0.25) is 0 Å². The second-order valence-electron chi connectivity index (χ2n) is 12.6. The van der Waals surface area contributed by atoms with Crippen LogP contribution in [0, 0.1) is 0 Å². The van der Waals surface area contributed by atoms with E-state index in [0.29, 0.717) is 0 Å². The smallest absolute Gasteiger partial charge is 0.0554 e. The third-order valence-electron chi connectivity index (χ3n) is 9.64. The topological polar surface area (TPSA) is 3.24 Å². The van der Waals surface area contributed by atoms with E-state index in [1.807, 2.05) is 11.3 Å². The third-order valence-corrected chi connectivity index (χ3v) is 10.8. The monoisotopic (exact) mass is 593 g/mol. The normalized spacial score (nSPS) is 13.3. The van der Waals surface area contributed by atoms with Gasteiger partial charge in [-0.3, -0.25) is 0 Å². The van der Waals surface area contributed by atoms with Gasteiger partial charge >= 0.3 is 0 Å². The van der Waals surface area contributed by atoms with Crippen molar-refractivity contribution in [1.29, 1.82) is 0 Å². The summed E-state index contributed by atoms with van der Waals surface area (Å²) in [5.41, 5.74) is 11.3. The zero-order valence-electron chi connectivity index (χ0n) is 25.3. The molecule has 0 atom stereocenters. The van der Waals surface area contributed by atoms with Crippen LogP contribution < -0.4 is 4.90 Å². The van der Waals surface area contributed by atoms with Crippen molar-refractivity contribution in [3.8, 4) is 22.3 Å². The van der Waals surface area contributed by atoms with Gasteiger partial charge in [-0.1, -0.05) is 129 Å². The minimum atomic E-state index is -0.0346. The van der Waals surface area contributed by atoms with Crippen LogP contribution in [0.4, 0.5) is 17.1 Å². The fourth-order valence-corrected chi connectivity index (χ4v) is 8.71. The molecule has 0 aliphatic heterocycles. The molecule has 0 saturated heterocycles. The summed E-state index contributed by atoms with van der Waals surface area (Å²) in [5.74, 6) is 0. The van der Waals surface area contributed by atoms with E-state index in [1.165, 1.54) is 75.7 Å². The van der Waals surface area contributed by atoms with Crippen LogP contribution in [0.3, 0.4) is 0 Å². The van der Waals surface area contributed by atoms with Crippen molar-refractivity contribution < 1.29 is 0 Å². The van der Waals surface area contributed by atoms with Crippen LogP contribution in [0.25, 0.3) is 53.2 Å². The molecule has 1 aromatic heterocycles. The molecule has 1 heterocycles. The first kappa shape index (κ1) is 26.2. The van der Waals surface area contributed by atoms with Crippen molar-refractivity contribution in [2.75, 3.05) is 4.90 Å². The number of hydrogen-bond acceptors (Lipinski definition) is 2. The zero-order chi connectivity index (χ0) is 30.1. The molecule has 0 N–H and O–H groups in total. The molecule has 0 spiro atoms. The van der Waals surface area contributed by atoms with E-state index >= 15 is 0 Å². The number of thiophene rings is 1. The fourth-order valence-electron chi connectivity index (χ4n) is 7.45. The van der Waals surface area contributed by atoms with Crippen molar-refractivity contribution in [2.24, 2.45) is 0 Å². The van der Waals surface area contributed by atoms with Crippen molar-refractivity contribution in [3.63, 3.8) is 0 Å². The van der Waals surface area contributed by atoms with Crippen molar-refractivity contribution in [3.05, 3.63) is 163 Å². The second kappa shape index (κ2) is 9.92. The first-order valence-electron chi connectivity index (χ1n) is 15.6. The molecule has 7 aromatic carbocycles. The van der Waals surface area contributed by atoms with E-state index in [1.54, 1.807) is 0 Å². The summed E-state index contributed by atoms with van der Waals surface area (Å²) < 4.78 is 2.65. The highest BCUT2D eigenvalue weighted by Gasteiger charge is 2.35. The largest absolute Gasteiger partial charge is 0.310 e. The highest BCUT2D eigenvalue weighted by molar-refractivity contribution is 7.26. The average Bonchev–Trinajstić information content (AvgIpc) is 3.59. The summed E-state index contributed by atoms with van der Waals surface area (Å²) in [7, 11) is 0. The second-order valence-corrected chi connectivity index (χ2v) is 13.6. The Balaban J connectivity index is 1.33. The van der Waals surface area contributed by atoms with Crippen LogP contribution in [0.2, 0.25) is 0 Å². The third kappa shape index (κ3) is 3.99. The molecule has 0 unspecified atom stereocenters. The summed E-state index contributed by atoms with van der Waals surface area (Å²) in [5, 5.41) is 5.21. The number of anilines is 3. The predicted molar refractivity (Wildman–Crippen MR) is 195 cm³/mol. The Morgan fingerprint density at radius 3 is 2.16 bits per heavy atom. The zero-order valence-corrected chi connectivity index (χ0v) is 26.1. The molecule has 0 amide bonds. The molecule has 0 fully saturated rings. The van der Waals surface area contributed by atoms with E-state index in [9.17, 15) is 0 Å². The van der Waals surface area contributed by atoms with Crippen LogP contribution >= 0.6 is 11.3 Å². The molecule has 214 valence electrons. The molecule has 1 aliphatic carbocycles. The number of benzene rings is 7. The molecule has 9 rings (SSSR count). The number of hydrogen-bond donors (Lipinski definition) is 0. The lowest BCUT2D eigenvalue weighted by Gasteiger charge is -2.28. The maximum Gasteiger partial charge on any atom is 0.0554 e. The van der Waals surface area contributed by atoms with E-state index < -0.39 is 0 Å². The van der Waals surface area contributed by atoms with Crippen molar-refractivity contribution >= 4 is 59.3 Å². The Bertz CT molecular complexity index is 2410. The molecule has 0 bridgehead atoms. The Morgan fingerprint density at radius 1 is 0.511 bits per heavy atom. The summed E-state index contributed by atoms with van der Waals surface area (Å²) in [6.45, 7) is 4.70. The molecular weight excluding hydrogens is 563 g/mol. The van der Waals surface area contributed by atoms with Gasteiger partial charge in [0.1, 0.15) is 0 Å². The highest BCUT2D eigenvalue weighted by Crippen LogP contribution is 2.52. The maximum atomic E-state index is 2.48. The van der Waals surface area contributed by atoms with Crippen LogP contribution in [-0.4, -0.2) is 0 Å². The number of fused-ring (bicyclic) bond motifs is 8. The van der Waals surface area contributed by atoms with Gasteiger partial charge in [0.15, 0.2) is 0 Å². The summed E-state index contributed by atoms with van der Waals surface area (Å²) in [4.78, 5) is 2.48. The average molecular weight is 594 g/mol. The highest BCUT2D eigenvalue weighted by atomic mass is 32.1. The molecule has 1 nitrogen and oxygen atoms in total. The van der Waals surface area contributed by atoms with Crippen LogP contribution in [-0.2, 0) is 5.41 Å². The standard InChI is InChI=1S/C43H31NS/c1-43(2)37-19-9-8-18-34(37)36-27-32(23-25-38(36)43)44(31-16-10-15-30(26-31)28-12-4-3-5-13-28)39-20-11-21-40-41(39)35-24-22-29-14-6-7-17-33(29)42(35)45-40/h3-27H,1-2H3. The van der Waals surface area contributed by atoms with E-state index in [0.717, 1.165) is 5.69 Å². The maximum absolute atomic E-state index is 2.48. The fraction of sp³-hybridized carbons (Fsp3) is 0.0698. The van der Waals surface area contributed by atoms with Gasteiger partial charge < -0.3 is 4.90 Å². The van der Waals surface area contributed by atoms with Gasteiger partial charge in [0.05, 0.1) is 5.69 Å². The summed E-state index contributed by atoms with van der Waals surface area (Å²) in [6, 6.07) is 55.8. The van der Waals surface area contributed by atoms with Crippen LogP contribution in [0.15, 0.2) is 152 Å². The quantitative estimate of drug-likeness (QED) is 0.196. The molecule has 45 heavy (non-hydrogen) atoms. The summed E-state index contributed by atoms with van der Waals surface area (Å²) >= 11 is 1.90. The molecule has 2 heteroatoms. The van der Waals surface area contributed by atoms with Gasteiger partial charge in [-0.25, -0.2) is 0 Å². The minimum absolute atomic E-state index is 0.0346. The number of nitrogens with zero attached hydrogens (tertiary/aromatic N) is 1. The first-order chi connectivity index (χ1) is 22.1. The molecule has 1 aliphatic rings. The van der Waals surface area contributed by atoms with Gasteiger partial charge in [-0.2, -0.15) is 0 Å². The molecule has 0 saturated carbocycles. The van der Waals surface area contributed by atoms with Gasteiger partial charge in [-0.05, 0) is 80.6 Å². The lowest BCUT2D eigenvalue weighted by atomic mass is 9.82. The lowest BCUT2D eigenvalue weighted by Crippen LogP contribution is -2.15. The Labute approximate surface area is 267 Å². The molecular formula is C43H31NS. The van der Waals surface area contributed by atoms with Crippen molar-refractivity contribution in [2.45, 2.75) is 19.3 Å². The van der Waals surface area contributed by atoms with Crippen LogP contribution in [0.5, 0.6) is 0 Å². The van der Waals surface area contributed by atoms with Gasteiger partial charge in [-0.15, -0.1) is 11.3 Å². The first-order valence-corrected chi connectivity index (χ1v) is 16.4. The molecule has 0 radical (unpaired) electrons. The Morgan fingerprint density at radius 2 is 1.24 bits per heavy atom.